The van der Waals surface area contributed by atoms with Crippen molar-refractivity contribution < 1.29 is 4.79 Å². The van der Waals surface area contributed by atoms with E-state index in [1.807, 2.05) is 42.1 Å². The van der Waals surface area contributed by atoms with E-state index in [0.29, 0.717) is 23.4 Å². The number of benzene rings is 2. The van der Waals surface area contributed by atoms with Gasteiger partial charge in [0, 0.05) is 22.1 Å². The summed E-state index contributed by atoms with van der Waals surface area (Å²) in [7, 11) is 0. The molecule has 1 fully saturated rings. The van der Waals surface area contributed by atoms with Crippen LogP contribution >= 0.6 is 11.8 Å². The fraction of sp³-hybridized carbons (Fsp3) is 0.350. The van der Waals surface area contributed by atoms with Crippen LogP contribution in [0.3, 0.4) is 0 Å². The molecule has 3 rings (SSSR count). The molecule has 0 amide bonds. The molecular formula is C20H22OS. The van der Waals surface area contributed by atoms with Gasteiger partial charge in [-0.3, -0.25) is 4.79 Å². The van der Waals surface area contributed by atoms with Crippen molar-refractivity contribution in [1.82, 2.24) is 0 Å². The van der Waals surface area contributed by atoms with E-state index in [2.05, 4.69) is 30.3 Å². The van der Waals surface area contributed by atoms with Gasteiger partial charge in [-0.1, -0.05) is 61.4 Å². The molecule has 2 atom stereocenters. The third-order valence-electron chi connectivity index (χ3n) is 4.41. The summed E-state index contributed by atoms with van der Waals surface area (Å²) in [4.78, 5) is 13.8. The van der Waals surface area contributed by atoms with Gasteiger partial charge in [0.1, 0.15) is 0 Å². The van der Waals surface area contributed by atoms with E-state index >= 15 is 0 Å². The highest BCUT2D eigenvalue weighted by atomic mass is 32.2. The highest BCUT2D eigenvalue weighted by molar-refractivity contribution is 8.00. The summed E-state index contributed by atoms with van der Waals surface area (Å²) in [6.07, 6.45) is 5.66. The van der Waals surface area contributed by atoms with E-state index in [-0.39, 0.29) is 0 Å². The summed E-state index contributed by atoms with van der Waals surface area (Å²) in [6, 6.07) is 20.3. The lowest BCUT2D eigenvalue weighted by atomic mass is 9.84. The van der Waals surface area contributed by atoms with Gasteiger partial charge < -0.3 is 0 Å². The lowest BCUT2D eigenvalue weighted by molar-refractivity contribution is 0.0952. The summed E-state index contributed by atoms with van der Waals surface area (Å²) < 4.78 is 0. The van der Waals surface area contributed by atoms with Crippen LogP contribution in [0, 0.1) is 5.92 Å². The Balaban J connectivity index is 1.66. The SMILES string of the molecule is O=C(CC1CCCCC1Sc1ccccc1)c1ccccc1. The largest absolute Gasteiger partial charge is 0.294 e. The molecule has 0 heterocycles. The molecule has 0 saturated heterocycles. The molecule has 22 heavy (non-hydrogen) atoms. The number of hydrogen-bond acceptors (Lipinski definition) is 2. The fourth-order valence-corrected chi connectivity index (χ4v) is 4.59. The molecule has 0 aromatic heterocycles. The minimum Gasteiger partial charge on any atom is -0.294 e. The second-order valence-electron chi connectivity index (χ2n) is 6.01. The molecule has 0 radical (unpaired) electrons. The topological polar surface area (TPSA) is 17.1 Å². The first kappa shape index (κ1) is 15.4. The van der Waals surface area contributed by atoms with Crippen LogP contribution in [0.2, 0.25) is 0 Å². The second kappa shape index (κ2) is 7.64. The molecule has 1 nitrogen and oxygen atoms in total. The number of carbonyl (C=O) groups is 1. The number of carbonyl (C=O) groups excluding carboxylic acids is 1. The maximum absolute atomic E-state index is 12.5. The molecule has 0 spiro atoms. The Hall–Kier alpha value is -1.54. The minimum absolute atomic E-state index is 0.297. The summed E-state index contributed by atoms with van der Waals surface area (Å²) in [5, 5.41) is 0.573. The van der Waals surface area contributed by atoms with Gasteiger partial charge in [-0.25, -0.2) is 0 Å². The number of hydrogen-bond donors (Lipinski definition) is 0. The molecule has 2 unspecified atom stereocenters. The van der Waals surface area contributed by atoms with Crippen LogP contribution in [0.15, 0.2) is 65.6 Å². The van der Waals surface area contributed by atoms with E-state index in [0.717, 1.165) is 5.56 Å². The van der Waals surface area contributed by atoms with Gasteiger partial charge >= 0.3 is 0 Å². The first-order chi connectivity index (χ1) is 10.8. The fourth-order valence-electron chi connectivity index (χ4n) is 3.22. The van der Waals surface area contributed by atoms with Crippen LogP contribution in [0.4, 0.5) is 0 Å². The molecule has 2 aromatic carbocycles. The minimum atomic E-state index is 0.297. The summed E-state index contributed by atoms with van der Waals surface area (Å²) >= 11 is 1.96. The monoisotopic (exact) mass is 310 g/mol. The molecule has 1 aliphatic rings. The maximum Gasteiger partial charge on any atom is 0.163 e. The third-order valence-corrected chi connectivity index (χ3v) is 5.88. The zero-order chi connectivity index (χ0) is 15.2. The van der Waals surface area contributed by atoms with E-state index in [1.165, 1.54) is 30.6 Å². The number of rotatable bonds is 5. The Morgan fingerprint density at radius 2 is 1.55 bits per heavy atom. The first-order valence-corrected chi connectivity index (χ1v) is 9.01. The number of Topliss-reactive ketones (excluding diaryl/α,β-unsaturated/α-hetero) is 1. The Morgan fingerprint density at radius 3 is 2.27 bits per heavy atom. The molecule has 0 N–H and O–H groups in total. The van der Waals surface area contributed by atoms with E-state index in [4.69, 9.17) is 0 Å². The Morgan fingerprint density at radius 1 is 0.909 bits per heavy atom. The quantitative estimate of drug-likeness (QED) is 0.668. The van der Waals surface area contributed by atoms with Crippen molar-refractivity contribution in [2.75, 3.05) is 0 Å². The molecule has 0 bridgehead atoms. The standard InChI is InChI=1S/C20H22OS/c21-19(16-9-3-1-4-10-16)15-17-11-7-8-14-20(17)22-18-12-5-2-6-13-18/h1-6,9-10,12-13,17,20H,7-8,11,14-15H2. The Bertz CT molecular complexity index is 594. The number of thioether (sulfide) groups is 1. The van der Waals surface area contributed by atoms with Crippen molar-refractivity contribution in [1.29, 1.82) is 0 Å². The van der Waals surface area contributed by atoms with Crippen LogP contribution in [-0.2, 0) is 0 Å². The van der Waals surface area contributed by atoms with E-state index < -0.39 is 0 Å². The predicted octanol–water partition coefficient (Wildman–Crippen LogP) is 5.61. The third kappa shape index (κ3) is 4.01. The van der Waals surface area contributed by atoms with Crippen LogP contribution in [0.1, 0.15) is 42.5 Å². The van der Waals surface area contributed by atoms with E-state index in [9.17, 15) is 4.79 Å². The zero-order valence-corrected chi connectivity index (χ0v) is 13.6. The summed E-state index contributed by atoms with van der Waals surface area (Å²) in [5.41, 5.74) is 0.858. The molecule has 1 aliphatic carbocycles. The molecular weight excluding hydrogens is 288 g/mol. The molecule has 2 aromatic rings. The van der Waals surface area contributed by atoms with E-state index in [1.54, 1.807) is 0 Å². The molecule has 1 saturated carbocycles. The van der Waals surface area contributed by atoms with Gasteiger partial charge in [0.05, 0.1) is 0 Å². The normalized spacial score (nSPS) is 21.5. The Labute approximate surface area is 137 Å². The average Bonchev–Trinajstić information content (AvgIpc) is 2.58. The molecule has 2 heteroatoms. The lowest BCUT2D eigenvalue weighted by Gasteiger charge is -2.30. The average molecular weight is 310 g/mol. The van der Waals surface area contributed by atoms with Crippen molar-refractivity contribution in [3.05, 3.63) is 66.2 Å². The van der Waals surface area contributed by atoms with Gasteiger partial charge in [0.25, 0.3) is 0 Å². The Kier molecular flexibility index (Phi) is 5.33. The zero-order valence-electron chi connectivity index (χ0n) is 12.8. The van der Waals surface area contributed by atoms with Gasteiger partial charge in [-0.15, -0.1) is 11.8 Å². The highest BCUT2D eigenvalue weighted by Crippen LogP contribution is 2.39. The highest BCUT2D eigenvalue weighted by Gasteiger charge is 2.28. The van der Waals surface area contributed by atoms with Gasteiger partial charge in [0.2, 0.25) is 0 Å². The van der Waals surface area contributed by atoms with Crippen LogP contribution in [0.5, 0.6) is 0 Å². The first-order valence-electron chi connectivity index (χ1n) is 8.13. The van der Waals surface area contributed by atoms with Gasteiger partial charge in [-0.2, -0.15) is 0 Å². The predicted molar refractivity (Wildman–Crippen MR) is 93.4 cm³/mol. The summed E-state index contributed by atoms with van der Waals surface area (Å²) in [6.45, 7) is 0. The summed E-state index contributed by atoms with van der Waals surface area (Å²) in [5.74, 6) is 0.804. The van der Waals surface area contributed by atoms with Crippen LogP contribution in [0.25, 0.3) is 0 Å². The van der Waals surface area contributed by atoms with Crippen molar-refractivity contribution in [3.8, 4) is 0 Å². The number of ketones is 1. The maximum atomic E-state index is 12.5. The van der Waals surface area contributed by atoms with Crippen molar-refractivity contribution in [2.45, 2.75) is 42.2 Å². The smallest absolute Gasteiger partial charge is 0.163 e. The van der Waals surface area contributed by atoms with Crippen molar-refractivity contribution >= 4 is 17.5 Å². The molecule has 0 aliphatic heterocycles. The van der Waals surface area contributed by atoms with Crippen molar-refractivity contribution in [2.24, 2.45) is 5.92 Å². The van der Waals surface area contributed by atoms with Crippen LogP contribution < -0.4 is 0 Å². The lowest BCUT2D eigenvalue weighted by Crippen LogP contribution is -2.24. The molecule has 114 valence electrons. The van der Waals surface area contributed by atoms with Crippen molar-refractivity contribution in [3.63, 3.8) is 0 Å². The van der Waals surface area contributed by atoms with Crippen LogP contribution in [-0.4, -0.2) is 11.0 Å². The van der Waals surface area contributed by atoms with Gasteiger partial charge in [-0.05, 0) is 30.9 Å². The second-order valence-corrected chi connectivity index (χ2v) is 7.32. The van der Waals surface area contributed by atoms with Gasteiger partial charge in [0.15, 0.2) is 5.78 Å².